The zero-order valence-corrected chi connectivity index (χ0v) is 18.9. The number of alkyl halides is 2. The molecule has 0 aliphatic carbocycles. The first-order valence-electron chi connectivity index (χ1n) is 10.3. The van der Waals surface area contributed by atoms with E-state index >= 15 is 0 Å². The maximum atomic E-state index is 13.0. The van der Waals surface area contributed by atoms with E-state index in [0.717, 1.165) is 13.8 Å². The van der Waals surface area contributed by atoms with Crippen LogP contribution in [0.2, 0.25) is 0 Å². The fourth-order valence-corrected chi connectivity index (χ4v) is 2.98. The molecule has 12 heteroatoms. The molecule has 33 heavy (non-hydrogen) atoms. The van der Waals surface area contributed by atoms with Crippen LogP contribution in [0.1, 0.15) is 44.1 Å². The highest BCUT2D eigenvalue weighted by Crippen LogP contribution is 2.29. The first kappa shape index (κ1) is 26.4. The number of halogens is 2. The molecule has 1 aromatic heterocycles. The molecule has 1 aromatic rings. The summed E-state index contributed by atoms with van der Waals surface area (Å²) in [5.74, 6) is -5.28. The Hall–Kier alpha value is -2.86. The van der Waals surface area contributed by atoms with Gasteiger partial charge in [-0.05, 0) is 13.8 Å². The molecular formula is C21H28F2N2O8. The van der Waals surface area contributed by atoms with Crippen molar-refractivity contribution in [1.29, 1.82) is 0 Å². The van der Waals surface area contributed by atoms with Gasteiger partial charge in [0.2, 0.25) is 11.7 Å². The van der Waals surface area contributed by atoms with Crippen LogP contribution in [0, 0.1) is 0 Å². The Morgan fingerprint density at radius 1 is 1.36 bits per heavy atom. The normalized spacial score (nSPS) is 21.8. The Morgan fingerprint density at radius 2 is 2.09 bits per heavy atom. The van der Waals surface area contributed by atoms with Crippen molar-refractivity contribution in [3.63, 3.8) is 0 Å². The van der Waals surface area contributed by atoms with Crippen LogP contribution in [0.3, 0.4) is 0 Å². The van der Waals surface area contributed by atoms with Crippen LogP contribution in [0.15, 0.2) is 12.3 Å². The van der Waals surface area contributed by atoms with Gasteiger partial charge >= 0.3 is 11.9 Å². The van der Waals surface area contributed by atoms with Crippen molar-refractivity contribution in [1.82, 2.24) is 10.3 Å². The molecule has 1 amide bonds. The molecule has 1 fully saturated rings. The summed E-state index contributed by atoms with van der Waals surface area (Å²) in [6.07, 6.45) is -0.305. The number of rotatable bonds is 8. The lowest BCUT2D eigenvalue weighted by Gasteiger charge is -2.25. The number of aromatic nitrogens is 1. The summed E-state index contributed by atoms with van der Waals surface area (Å²) < 4.78 is 52.6. The minimum Gasteiger partial charge on any atom is -0.493 e. The minimum atomic E-state index is -2.87. The SMILES string of the molecule is COc1ccnc(C(=O)N[C@H]2COCC[C@@H](OCCC(C)(F)F)[C@H](C)OC2=O)c1OC(C)=O. The second kappa shape index (κ2) is 11.8. The quantitative estimate of drug-likeness (QED) is 0.563. The predicted molar refractivity (Wildman–Crippen MR) is 109 cm³/mol. The van der Waals surface area contributed by atoms with E-state index in [1.807, 2.05) is 0 Å². The van der Waals surface area contributed by atoms with E-state index in [-0.39, 0.29) is 37.0 Å². The van der Waals surface area contributed by atoms with Gasteiger partial charge in [0, 0.05) is 38.6 Å². The fourth-order valence-electron chi connectivity index (χ4n) is 2.98. The van der Waals surface area contributed by atoms with Crippen molar-refractivity contribution in [2.24, 2.45) is 0 Å². The molecule has 2 rings (SSSR count). The Bertz CT molecular complexity index is 846. The molecule has 1 aliphatic rings. The van der Waals surface area contributed by atoms with Gasteiger partial charge in [0.15, 0.2) is 17.5 Å². The number of amides is 1. The number of carbonyl (C=O) groups excluding carboxylic acids is 3. The third-order valence-electron chi connectivity index (χ3n) is 4.67. The van der Waals surface area contributed by atoms with Crippen molar-refractivity contribution in [3.8, 4) is 11.5 Å². The molecule has 0 unspecified atom stereocenters. The molecule has 2 heterocycles. The van der Waals surface area contributed by atoms with E-state index in [0.29, 0.717) is 6.42 Å². The summed E-state index contributed by atoms with van der Waals surface area (Å²) in [6.45, 7) is 3.25. The first-order valence-corrected chi connectivity index (χ1v) is 10.3. The number of ether oxygens (including phenoxy) is 5. The summed E-state index contributed by atoms with van der Waals surface area (Å²) >= 11 is 0. The maximum Gasteiger partial charge on any atom is 0.331 e. The summed E-state index contributed by atoms with van der Waals surface area (Å²) in [7, 11) is 1.33. The number of nitrogens with zero attached hydrogens (tertiary/aromatic N) is 1. The maximum absolute atomic E-state index is 13.0. The van der Waals surface area contributed by atoms with Crippen molar-refractivity contribution in [2.75, 3.05) is 26.9 Å². The van der Waals surface area contributed by atoms with Gasteiger partial charge in [-0.1, -0.05) is 0 Å². The number of esters is 2. The average molecular weight is 474 g/mol. The van der Waals surface area contributed by atoms with Crippen LogP contribution in [0.25, 0.3) is 0 Å². The lowest BCUT2D eigenvalue weighted by molar-refractivity contribution is -0.159. The molecule has 184 valence electrons. The third-order valence-corrected chi connectivity index (χ3v) is 4.67. The second-order valence-corrected chi connectivity index (χ2v) is 7.55. The topological polar surface area (TPSA) is 122 Å². The lowest BCUT2D eigenvalue weighted by Crippen LogP contribution is -2.46. The van der Waals surface area contributed by atoms with Gasteiger partial charge in [-0.3, -0.25) is 9.59 Å². The van der Waals surface area contributed by atoms with E-state index in [9.17, 15) is 23.2 Å². The van der Waals surface area contributed by atoms with Gasteiger partial charge < -0.3 is 29.0 Å². The average Bonchev–Trinajstić information content (AvgIpc) is 2.78. The number of carbonyl (C=O) groups is 3. The molecular weight excluding hydrogens is 446 g/mol. The molecule has 3 atom stereocenters. The van der Waals surface area contributed by atoms with Gasteiger partial charge in [-0.25, -0.2) is 18.6 Å². The summed E-state index contributed by atoms with van der Waals surface area (Å²) in [5, 5.41) is 2.46. The van der Waals surface area contributed by atoms with Gasteiger partial charge in [0.25, 0.3) is 5.91 Å². The van der Waals surface area contributed by atoms with Crippen molar-refractivity contribution >= 4 is 17.8 Å². The largest absolute Gasteiger partial charge is 0.493 e. The van der Waals surface area contributed by atoms with Gasteiger partial charge in [0.05, 0.1) is 26.4 Å². The standard InChI is InChI=1S/C21H28F2N2O8/c1-12-15(31-10-7-21(3,22)23)6-9-30-11-14(20(28)32-12)25-19(27)17-18(33-13(2)26)16(29-4)5-8-24-17/h5,8,12,14-15H,6-7,9-11H2,1-4H3,(H,25,27)/t12-,14-,15+/m0/s1. The molecule has 1 saturated heterocycles. The lowest BCUT2D eigenvalue weighted by atomic mass is 10.1. The minimum absolute atomic E-state index is 0.102. The number of pyridine rings is 1. The number of cyclic esters (lactones) is 1. The van der Waals surface area contributed by atoms with Crippen LogP contribution in [0.5, 0.6) is 11.5 Å². The van der Waals surface area contributed by atoms with Crippen LogP contribution >= 0.6 is 0 Å². The number of nitrogens with one attached hydrogen (secondary N) is 1. The van der Waals surface area contributed by atoms with E-state index in [1.54, 1.807) is 6.92 Å². The Balaban J connectivity index is 2.09. The van der Waals surface area contributed by atoms with Crippen LogP contribution in [-0.4, -0.2) is 73.9 Å². The summed E-state index contributed by atoms with van der Waals surface area (Å²) in [6, 6.07) is 0.208. The number of hydrogen-bond acceptors (Lipinski definition) is 9. The van der Waals surface area contributed by atoms with Crippen LogP contribution < -0.4 is 14.8 Å². The van der Waals surface area contributed by atoms with Gasteiger partial charge in [-0.2, -0.15) is 0 Å². The molecule has 0 spiro atoms. The highest BCUT2D eigenvalue weighted by Gasteiger charge is 2.32. The zero-order chi connectivity index (χ0) is 24.6. The molecule has 0 radical (unpaired) electrons. The molecule has 0 bridgehead atoms. The van der Waals surface area contributed by atoms with E-state index in [2.05, 4.69) is 10.3 Å². The first-order chi connectivity index (χ1) is 15.5. The summed E-state index contributed by atoms with van der Waals surface area (Å²) in [4.78, 5) is 40.8. The van der Waals surface area contributed by atoms with Gasteiger partial charge in [0.1, 0.15) is 6.10 Å². The molecule has 10 nitrogen and oxygen atoms in total. The van der Waals surface area contributed by atoms with Gasteiger partial charge in [-0.15, -0.1) is 0 Å². The molecule has 0 aromatic carbocycles. The van der Waals surface area contributed by atoms with Crippen molar-refractivity contribution in [3.05, 3.63) is 18.0 Å². The monoisotopic (exact) mass is 474 g/mol. The predicted octanol–water partition coefficient (Wildman–Crippen LogP) is 1.90. The Kier molecular flexibility index (Phi) is 9.47. The van der Waals surface area contributed by atoms with Crippen molar-refractivity contribution < 1.29 is 46.8 Å². The van der Waals surface area contributed by atoms with Crippen molar-refractivity contribution in [2.45, 2.75) is 57.8 Å². The highest BCUT2D eigenvalue weighted by molar-refractivity contribution is 5.98. The smallest absolute Gasteiger partial charge is 0.331 e. The van der Waals surface area contributed by atoms with E-state index in [1.165, 1.54) is 19.4 Å². The zero-order valence-electron chi connectivity index (χ0n) is 18.9. The van der Waals surface area contributed by atoms with Crippen LogP contribution in [-0.2, 0) is 23.8 Å². The highest BCUT2D eigenvalue weighted by atomic mass is 19.3. The third kappa shape index (κ3) is 8.21. The molecule has 1 N–H and O–H groups in total. The molecule has 1 aliphatic heterocycles. The molecule has 0 saturated carbocycles. The summed E-state index contributed by atoms with van der Waals surface area (Å²) in [5.41, 5.74) is -0.271. The Morgan fingerprint density at radius 3 is 2.73 bits per heavy atom. The second-order valence-electron chi connectivity index (χ2n) is 7.55. The van der Waals surface area contributed by atoms with E-state index in [4.69, 9.17) is 23.7 Å². The fraction of sp³-hybridized carbons (Fsp3) is 0.619. The van der Waals surface area contributed by atoms with E-state index < -0.39 is 48.4 Å². The number of methoxy groups -OCH3 is 1. The van der Waals surface area contributed by atoms with Crippen LogP contribution in [0.4, 0.5) is 8.78 Å². The Labute approximate surface area is 189 Å². The number of hydrogen-bond donors (Lipinski definition) is 1.